The van der Waals surface area contributed by atoms with Crippen LogP contribution in [-0.2, 0) is 6.18 Å². The van der Waals surface area contributed by atoms with Gasteiger partial charge in [-0.3, -0.25) is 0 Å². The van der Waals surface area contributed by atoms with E-state index >= 15 is 0 Å². The maximum atomic E-state index is 12.4. The van der Waals surface area contributed by atoms with Gasteiger partial charge in [0.05, 0.1) is 6.20 Å². The molecule has 1 unspecified atom stereocenters. The highest BCUT2D eigenvalue weighted by Crippen LogP contribution is 2.35. The summed E-state index contributed by atoms with van der Waals surface area (Å²) < 4.78 is 37.2. The molecule has 0 aliphatic carbocycles. The van der Waals surface area contributed by atoms with Crippen molar-refractivity contribution in [2.24, 2.45) is 5.92 Å². The number of anilines is 1. The summed E-state index contributed by atoms with van der Waals surface area (Å²) in [4.78, 5) is 5.53. The van der Waals surface area contributed by atoms with E-state index in [2.05, 4.69) is 22.1 Å². The number of rotatable bonds is 5. The minimum atomic E-state index is -4.29. The molecule has 1 aromatic rings. The van der Waals surface area contributed by atoms with E-state index in [0.29, 0.717) is 28.9 Å². The zero-order valence-corrected chi connectivity index (χ0v) is 11.7. The van der Waals surface area contributed by atoms with Gasteiger partial charge in [0.15, 0.2) is 5.13 Å². The first-order chi connectivity index (χ1) is 8.99. The predicted octanol–water partition coefficient (Wildman–Crippen LogP) is 3.31. The van der Waals surface area contributed by atoms with Crippen molar-refractivity contribution >= 4 is 16.5 Å². The molecule has 0 bridgehead atoms. The van der Waals surface area contributed by atoms with Gasteiger partial charge in [0, 0.05) is 13.1 Å². The zero-order valence-electron chi connectivity index (χ0n) is 10.8. The summed E-state index contributed by atoms with van der Waals surface area (Å²) in [5, 5.41) is 3.38. The number of hydrogen-bond donors (Lipinski definition) is 1. The molecule has 1 aromatic heterocycles. The van der Waals surface area contributed by atoms with Crippen LogP contribution in [0.1, 0.15) is 24.6 Å². The average molecular weight is 293 g/mol. The molecule has 0 saturated carbocycles. The number of nitrogens with zero attached hydrogens (tertiary/aromatic N) is 2. The van der Waals surface area contributed by atoms with Crippen LogP contribution >= 0.6 is 11.3 Å². The van der Waals surface area contributed by atoms with E-state index in [1.807, 2.05) is 0 Å². The van der Waals surface area contributed by atoms with Crippen LogP contribution < -0.4 is 5.32 Å². The first-order valence-electron chi connectivity index (χ1n) is 6.48. The second-order valence-corrected chi connectivity index (χ2v) is 5.89. The van der Waals surface area contributed by atoms with Crippen LogP contribution in [0.2, 0.25) is 0 Å². The van der Waals surface area contributed by atoms with E-state index in [0.717, 1.165) is 38.7 Å². The van der Waals surface area contributed by atoms with Gasteiger partial charge in [0.1, 0.15) is 4.88 Å². The van der Waals surface area contributed by atoms with E-state index < -0.39 is 11.1 Å². The Morgan fingerprint density at radius 3 is 2.95 bits per heavy atom. The number of thiazole rings is 1. The molecule has 1 saturated heterocycles. The minimum absolute atomic E-state index is 0.362. The van der Waals surface area contributed by atoms with Gasteiger partial charge in [-0.2, -0.15) is 13.2 Å². The minimum Gasteiger partial charge on any atom is -0.361 e. The Bertz CT molecular complexity index is 405. The molecule has 19 heavy (non-hydrogen) atoms. The lowest BCUT2D eigenvalue weighted by molar-refractivity contribution is -0.134. The molecule has 1 N–H and O–H groups in total. The van der Waals surface area contributed by atoms with E-state index in [4.69, 9.17) is 0 Å². The molecule has 1 fully saturated rings. The van der Waals surface area contributed by atoms with Gasteiger partial charge in [0.25, 0.3) is 0 Å². The van der Waals surface area contributed by atoms with Crippen molar-refractivity contribution in [3.63, 3.8) is 0 Å². The molecule has 1 aliphatic rings. The summed E-state index contributed by atoms with van der Waals surface area (Å²) in [6, 6.07) is 0. The first kappa shape index (κ1) is 14.6. The van der Waals surface area contributed by atoms with Gasteiger partial charge in [0.2, 0.25) is 0 Å². The smallest absolute Gasteiger partial charge is 0.361 e. The standard InChI is InChI=1S/C12H18F3N3S/c1-2-4-18-5-3-9(8-18)6-16-11-17-7-10(19-11)12(13,14)15/h7,9H,2-6,8H2,1H3,(H,16,17). The molecule has 108 valence electrons. The van der Waals surface area contributed by atoms with E-state index in [-0.39, 0.29) is 0 Å². The van der Waals surface area contributed by atoms with Gasteiger partial charge in [-0.1, -0.05) is 18.3 Å². The molecule has 0 amide bonds. The van der Waals surface area contributed by atoms with Crippen molar-refractivity contribution in [2.45, 2.75) is 25.9 Å². The first-order valence-corrected chi connectivity index (χ1v) is 7.30. The molecule has 3 nitrogen and oxygen atoms in total. The Labute approximate surface area is 114 Å². The van der Waals surface area contributed by atoms with Gasteiger partial charge < -0.3 is 10.2 Å². The maximum absolute atomic E-state index is 12.4. The number of nitrogens with one attached hydrogen (secondary N) is 1. The Hall–Kier alpha value is -0.820. The molecule has 1 aliphatic heterocycles. The second kappa shape index (κ2) is 6.09. The lowest BCUT2D eigenvalue weighted by Crippen LogP contribution is -2.23. The Morgan fingerprint density at radius 2 is 2.32 bits per heavy atom. The fourth-order valence-corrected chi connectivity index (χ4v) is 3.01. The highest BCUT2D eigenvalue weighted by atomic mass is 32.1. The van der Waals surface area contributed by atoms with Crippen LogP contribution in [0, 0.1) is 5.92 Å². The van der Waals surface area contributed by atoms with Crippen LogP contribution in [0.3, 0.4) is 0 Å². The van der Waals surface area contributed by atoms with Crippen molar-refractivity contribution < 1.29 is 13.2 Å². The average Bonchev–Trinajstić information content (AvgIpc) is 2.94. The molecule has 0 radical (unpaired) electrons. The topological polar surface area (TPSA) is 28.2 Å². The quantitative estimate of drug-likeness (QED) is 0.903. The zero-order chi connectivity index (χ0) is 13.9. The highest BCUT2D eigenvalue weighted by molar-refractivity contribution is 7.15. The van der Waals surface area contributed by atoms with Gasteiger partial charge in [-0.15, -0.1) is 0 Å². The van der Waals surface area contributed by atoms with Crippen molar-refractivity contribution in [1.29, 1.82) is 0 Å². The summed E-state index contributed by atoms with van der Waals surface area (Å²) in [6.45, 7) is 6.07. The lowest BCUT2D eigenvalue weighted by atomic mass is 10.1. The second-order valence-electron chi connectivity index (χ2n) is 4.86. The van der Waals surface area contributed by atoms with Crippen LogP contribution in [0.5, 0.6) is 0 Å². The van der Waals surface area contributed by atoms with Gasteiger partial charge in [-0.25, -0.2) is 4.98 Å². The van der Waals surface area contributed by atoms with Crippen molar-refractivity contribution in [2.75, 3.05) is 31.5 Å². The van der Waals surface area contributed by atoms with Crippen LogP contribution in [0.4, 0.5) is 18.3 Å². The number of aromatic nitrogens is 1. The third kappa shape index (κ3) is 4.07. The normalized spacial score (nSPS) is 20.9. The molecule has 2 rings (SSSR count). The molecular formula is C12H18F3N3S. The summed E-state index contributed by atoms with van der Waals surface area (Å²) in [7, 11) is 0. The number of likely N-dealkylation sites (tertiary alicyclic amines) is 1. The summed E-state index contributed by atoms with van der Waals surface area (Å²) >= 11 is 0.673. The molecule has 2 heterocycles. The van der Waals surface area contributed by atoms with Crippen molar-refractivity contribution in [3.8, 4) is 0 Å². The third-order valence-corrected chi connectivity index (χ3v) is 4.24. The summed E-state index contributed by atoms with van der Waals surface area (Å²) in [5.41, 5.74) is 0. The van der Waals surface area contributed by atoms with E-state index in [1.165, 1.54) is 0 Å². The molecule has 1 atom stereocenters. The molecule has 0 spiro atoms. The van der Waals surface area contributed by atoms with Crippen molar-refractivity contribution in [3.05, 3.63) is 11.1 Å². The number of hydrogen-bond acceptors (Lipinski definition) is 4. The van der Waals surface area contributed by atoms with Crippen LogP contribution in [0.15, 0.2) is 6.20 Å². The number of alkyl halides is 3. The summed E-state index contributed by atoms with van der Waals surface area (Å²) in [5.74, 6) is 0.504. The monoisotopic (exact) mass is 293 g/mol. The SMILES string of the molecule is CCCN1CCC(CNc2ncc(C(F)(F)F)s2)C1. The Morgan fingerprint density at radius 1 is 1.53 bits per heavy atom. The summed E-state index contributed by atoms with van der Waals surface area (Å²) in [6.07, 6.45) is -1.15. The Kier molecular flexibility index (Phi) is 4.67. The molecule has 0 aromatic carbocycles. The van der Waals surface area contributed by atoms with E-state index in [1.54, 1.807) is 0 Å². The van der Waals surface area contributed by atoms with Gasteiger partial charge in [-0.05, 0) is 31.8 Å². The van der Waals surface area contributed by atoms with Crippen LogP contribution in [0.25, 0.3) is 0 Å². The highest BCUT2D eigenvalue weighted by Gasteiger charge is 2.33. The maximum Gasteiger partial charge on any atom is 0.427 e. The third-order valence-electron chi connectivity index (χ3n) is 3.24. The lowest BCUT2D eigenvalue weighted by Gasteiger charge is -2.14. The van der Waals surface area contributed by atoms with Gasteiger partial charge >= 0.3 is 6.18 Å². The number of halogens is 3. The predicted molar refractivity (Wildman–Crippen MR) is 70.4 cm³/mol. The van der Waals surface area contributed by atoms with E-state index in [9.17, 15) is 13.2 Å². The molecule has 7 heteroatoms. The molecular weight excluding hydrogens is 275 g/mol. The van der Waals surface area contributed by atoms with Crippen LogP contribution in [-0.4, -0.2) is 36.1 Å². The Balaban J connectivity index is 1.79. The fraction of sp³-hybridized carbons (Fsp3) is 0.750. The fourth-order valence-electron chi connectivity index (χ4n) is 2.32. The largest absolute Gasteiger partial charge is 0.427 e. The van der Waals surface area contributed by atoms with Crippen molar-refractivity contribution in [1.82, 2.24) is 9.88 Å².